The maximum atomic E-state index is 15.3. The average Bonchev–Trinajstić information content (AvgIpc) is 3.57. The molecular weight excluding hydrogens is 697 g/mol. The fraction of sp³-hybridized carbons (Fsp3) is 0.500. The number of carbonyl (C=O) groups excluding carboxylic acids is 2. The van der Waals surface area contributed by atoms with E-state index < -0.39 is 26.6 Å². The Morgan fingerprint density at radius 1 is 0.926 bits per heavy atom. The number of nitrogens with one attached hydrogen (secondary N) is 2. The van der Waals surface area contributed by atoms with Crippen molar-refractivity contribution in [2.45, 2.75) is 127 Å². The first-order valence-electron chi connectivity index (χ1n) is 19.9. The summed E-state index contributed by atoms with van der Waals surface area (Å²) in [6.07, 6.45) is 10.2. The van der Waals surface area contributed by atoms with Gasteiger partial charge in [0.05, 0.1) is 23.5 Å². The quantitative estimate of drug-likeness (QED) is 0.182. The van der Waals surface area contributed by atoms with Gasteiger partial charge in [0.15, 0.2) is 0 Å². The van der Waals surface area contributed by atoms with Crippen LogP contribution in [0.1, 0.15) is 112 Å². The predicted molar refractivity (Wildman–Crippen MR) is 213 cm³/mol. The van der Waals surface area contributed by atoms with Gasteiger partial charge in [-0.15, -0.1) is 0 Å². The molecule has 2 bridgehead atoms. The highest BCUT2D eigenvalue weighted by Crippen LogP contribution is 2.50. The number of ether oxygens (including phenoxy) is 1. The van der Waals surface area contributed by atoms with Gasteiger partial charge in [0.25, 0.3) is 5.91 Å². The number of methoxy groups -OCH3 is 1. The van der Waals surface area contributed by atoms with Gasteiger partial charge in [0.2, 0.25) is 15.9 Å². The maximum Gasteiger partial charge on any atom is 0.264 e. The molecule has 3 aromatic carbocycles. The summed E-state index contributed by atoms with van der Waals surface area (Å²) in [4.78, 5) is 31.1. The van der Waals surface area contributed by atoms with E-state index >= 15 is 4.79 Å². The molecule has 4 heterocycles. The van der Waals surface area contributed by atoms with Crippen LogP contribution in [0.15, 0.2) is 66.7 Å². The van der Waals surface area contributed by atoms with E-state index in [2.05, 4.69) is 62.8 Å². The van der Waals surface area contributed by atoms with E-state index in [4.69, 9.17) is 4.74 Å². The number of benzene rings is 3. The van der Waals surface area contributed by atoms with Gasteiger partial charge >= 0.3 is 0 Å². The number of fused-ring (bicyclic) bond motifs is 7. The molecule has 0 spiro atoms. The van der Waals surface area contributed by atoms with E-state index in [9.17, 15) is 13.2 Å². The molecule has 3 unspecified atom stereocenters. The summed E-state index contributed by atoms with van der Waals surface area (Å²) in [5.74, 6) is 0.657. The number of piperidine rings is 1. The molecule has 8 rings (SSSR count). The van der Waals surface area contributed by atoms with Gasteiger partial charge in [-0.1, -0.05) is 55.7 Å². The van der Waals surface area contributed by atoms with Crippen molar-refractivity contribution in [1.82, 2.24) is 19.5 Å². The second-order valence-corrected chi connectivity index (χ2v) is 19.1. The SMILES string of the molecule is COc1ccc2c(c1)CC(C)(C(=O)N1C3CCC1CC(NCc1ccccc1)C3)Cn1c-2c(C2CCCCC2)c2ccc(C(=O)NS(=O)(=O)C(C)C)cc21. The maximum absolute atomic E-state index is 15.3. The monoisotopic (exact) mass is 750 g/mol. The van der Waals surface area contributed by atoms with E-state index in [0.717, 1.165) is 91.4 Å². The van der Waals surface area contributed by atoms with Crippen LogP contribution in [0.3, 0.4) is 0 Å². The van der Waals surface area contributed by atoms with Gasteiger partial charge in [-0.3, -0.25) is 9.59 Å². The van der Waals surface area contributed by atoms with Gasteiger partial charge in [-0.2, -0.15) is 0 Å². The minimum Gasteiger partial charge on any atom is -0.497 e. The zero-order valence-electron chi connectivity index (χ0n) is 32.1. The average molecular weight is 751 g/mol. The molecule has 4 aromatic rings. The van der Waals surface area contributed by atoms with E-state index in [1.807, 2.05) is 24.3 Å². The first-order chi connectivity index (χ1) is 26.0. The van der Waals surface area contributed by atoms with Crippen LogP contribution in [-0.4, -0.2) is 60.2 Å². The van der Waals surface area contributed by atoms with Crippen molar-refractivity contribution >= 4 is 32.7 Å². The highest BCUT2D eigenvalue weighted by molar-refractivity contribution is 7.90. The third-order valence-electron chi connectivity index (χ3n) is 12.8. The van der Waals surface area contributed by atoms with Gasteiger partial charge in [-0.25, -0.2) is 13.1 Å². The van der Waals surface area contributed by atoms with Crippen LogP contribution in [0.2, 0.25) is 0 Å². The van der Waals surface area contributed by atoms with Crippen LogP contribution in [0.25, 0.3) is 22.2 Å². The lowest BCUT2D eigenvalue weighted by molar-refractivity contribution is -0.147. The number of sulfonamides is 1. The molecule has 2 N–H and O–H groups in total. The molecule has 1 saturated carbocycles. The molecule has 3 fully saturated rings. The van der Waals surface area contributed by atoms with Crippen LogP contribution >= 0.6 is 0 Å². The van der Waals surface area contributed by atoms with Crippen molar-refractivity contribution in [3.63, 3.8) is 0 Å². The molecule has 3 atom stereocenters. The zero-order chi connectivity index (χ0) is 37.8. The minimum absolute atomic E-state index is 0.186. The van der Waals surface area contributed by atoms with Crippen LogP contribution in [-0.2, 0) is 34.3 Å². The van der Waals surface area contributed by atoms with E-state index in [0.29, 0.717) is 24.9 Å². The van der Waals surface area contributed by atoms with Crippen molar-refractivity contribution < 1.29 is 22.7 Å². The first-order valence-corrected chi connectivity index (χ1v) is 21.5. The van der Waals surface area contributed by atoms with Crippen molar-refractivity contribution in [2.75, 3.05) is 7.11 Å². The number of hydrogen-bond donors (Lipinski definition) is 2. The Morgan fingerprint density at radius 3 is 2.33 bits per heavy atom. The number of hydrogen-bond acceptors (Lipinski definition) is 6. The van der Waals surface area contributed by atoms with Gasteiger partial charge in [-0.05, 0) is 119 Å². The van der Waals surface area contributed by atoms with E-state index in [1.54, 1.807) is 27.0 Å². The number of aromatic nitrogens is 1. The Hall–Kier alpha value is -4.15. The van der Waals surface area contributed by atoms with Crippen LogP contribution < -0.4 is 14.8 Å². The summed E-state index contributed by atoms with van der Waals surface area (Å²) in [7, 11) is -2.13. The summed E-state index contributed by atoms with van der Waals surface area (Å²) >= 11 is 0. The molecule has 54 heavy (non-hydrogen) atoms. The van der Waals surface area contributed by atoms with Crippen LogP contribution in [0.4, 0.5) is 0 Å². The topological polar surface area (TPSA) is 110 Å². The van der Waals surface area contributed by atoms with Crippen molar-refractivity contribution in [2.24, 2.45) is 5.41 Å². The molecule has 2 saturated heterocycles. The molecule has 1 aliphatic carbocycles. The molecule has 3 aliphatic heterocycles. The van der Waals surface area contributed by atoms with Gasteiger partial charge in [0.1, 0.15) is 5.75 Å². The first kappa shape index (κ1) is 36.8. The summed E-state index contributed by atoms with van der Waals surface area (Å²) in [6, 6.07) is 23.1. The second-order valence-electron chi connectivity index (χ2n) is 16.8. The summed E-state index contributed by atoms with van der Waals surface area (Å²) in [6.45, 7) is 6.52. The highest BCUT2D eigenvalue weighted by atomic mass is 32.2. The normalized spacial score (nSPS) is 24.2. The van der Waals surface area contributed by atoms with Crippen molar-refractivity contribution in [1.29, 1.82) is 0 Å². The van der Waals surface area contributed by atoms with Crippen molar-refractivity contribution in [3.8, 4) is 17.0 Å². The van der Waals surface area contributed by atoms with Gasteiger partial charge < -0.3 is 19.5 Å². The molecule has 286 valence electrons. The Labute approximate surface area is 319 Å². The predicted octanol–water partition coefficient (Wildman–Crippen LogP) is 7.71. The van der Waals surface area contributed by atoms with Crippen molar-refractivity contribution in [3.05, 3.63) is 89.0 Å². The molecule has 4 aliphatic rings. The number of rotatable bonds is 9. The third kappa shape index (κ3) is 6.74. The fourth-order valence-corrected chi connectivity index (χ4v) is 10.6. The summed E-state index contributed by atoms with van der Waals surface area (Å²) in [5.41, 5.74) is 6.23. The standard InChI is InChI=1S/C44H54N4O5S/c1-28(2)54(51,52)46-42(49)31-15-19-38-39(22-31)47-27-44(3,25-32-21-36(53-4)18-20-37(32)41(47)40(38)30-13-9-6-10-14-30)43(50)48-34-16-17-35(48)24-33(23-34)45-26-29-11-7-5-8-12-29/h5,7-8,11-12,15,18-22,28,30,33-35,45H,6,9-10,13-14,16-17,23-27H2,1-4H3,(H,46,49). The molecular formula is C44H54N4O5S. The highest BCUT2D eigenvalue weighted by Gasteiger charge is 2.50. The third-order valence-corrected chi connectivity index (χ3v) is 14.5. The Morgan fingerprint density at radius 2 is 1.65 bits per heavy atom. The molecule has 2 amide bonds. The van der Waals surface area contributed by atoms with Gasteiger partial charge in [0, 0.05) is 53.2 Å². The number of amides is 2. The Kier molecular flexibility index (Phi) is 9.88. The van der Waals surface area contributed by atoms with E-state index in [-0.39, 0.29) is 23.6 Å². The van der Waals surface area contributed by atoms with Crippen LogP contribution in [0.5, 0.6) is 5.75 Å². The lowest BCUT2D eigenvalue weighted by Gasteiger charge is -2.44. The molecule has 9 nitrogen and oxygen atoms in total. The number of carbonyl (C=O) groups is 2. The van der Waals surface area contributed by atoms with Crippen LogP contribution in [0, 0.1) is 5.41 Å². The summed E-state index contributed by atoms with van der Waals surface area (Å²) in [5, 5.41) is 4.13. The fourth-order valence-electron chi connectivity index (χ4n) is 9.97. The lowest BCUT2D eigenvalue weighted by Crippen LogP contribution is -2.56. The second kappa shape index (κ2) is 14.5. The molecule has 10 heteroatoms. The minimum atomic E-state index is -3.82. The van der Waals surface area contributed by atoms with E-state index in [1.165, 1.54) is 17.5 Å². The zero-order valence-corrected chi connectivity index (χ0v) is 32.9. The largest absolute Gasteiger partial charge is 0.497 e. The molecule has 1 aromatic heterocycles. The smallest absolute Gasteiger partial charge is 0.264 e. The number of nitrogens with zero attached hydrogens (tertiary/aromatic N) is 2. The molecule has 0 radical (unpaired) electrons. The lowest BCUT2D eigenvalue weighted by atomic mass is 9.79. The Bertz CT molecular complexity index is 2160. The Balaban J connectivity index is 1.21. The summed E-state index contributed by atoms with van der Waals surface area (Å²) < 4.78 is 35.9.